The lowest BCUT2D eigenvalue weighted by Crippen LogP contribution is -2.10. The minimum absolute atomic E-state index is 0.0692. The molecule has 8 heteroatoms. The molecule has 0 bridgehead atoms. The summed E-state index contributed by atoms with van der Waals surface area (Å²) in [6.07, 6.45) is -1.02. The molecule has 5 nitrogen and oxygen atoms in total. The van der Waals surface area contributed by atoms with Gasteiger partial charge in [-0.3, -0.25) is 0 Å². The molecule has 1 aromatic carbocycles. The number of nitrogens with zero attached hydrogens (tertiary/aromatic N) is 1. The largest absolute Gasteiger partial charge is 0.514 e. The predicted octanol–water partition coefficient (Wildman–Crippen LogP) is 4.23. The van der Waals surface area contributed by atoms with Gasteiger partial charge in [0.2, 0.25) is 5.88 Å². The van der Waals surface area contributed by atoms with Crippen LogP contribution < -0.4 is 10.5 Å². The van der Waals surface area contributed by atoms with Gasteiger partial charge in [0.15, 0.2) is 0 Å². The van der Waals surface area contributed by atoms with Gasteiger partial charge in [0.05, 0.1) is 18.5 Å². The third-order valence-corrected chi connectivity index (χ3v) is 3.69. The average molecular weight is 345 g/mol. The normalized spacial score (nSPS) is 10.4. The Morgan fingerprint density at radius 3 is 2.68 bits per heavy atom. The lowest BCUT2D eigenvalue weighted by Gasteiger charge is -2.11. The number of carbonyl (C=O) groups is 1. The molecule has 0 amide bonds. The molecule has 1 aromatic heterocycles. The van der Waals surface area contributed by atoms with E-state index in [0.717, 1.165) is 7.11 Å². The predicted molar refractivity (Wildman–Crippen MR) is 81.8 cm³/mol. The third kappa shape index (κ3) is 3.08. The molecule has 1 heterocycles. The number of carbonyl (C=O) groups excluding carboxylic acids is 1. The molecule has 22 heavy (non-hydrogen) atoms. The quantitative estimate of drug-likeness (QED) is 0.825. The number of anilines is 1. The van der Waals surface area contributed by atoms with E-state index >= 15 is 0 Å². The Kier molecular flexibility index (Phi) is 4.73. The molecule has 0 fully saturated rings. The minimum Gasteiger partial charge on any atom is -0.437 e. The van der Waals surface area contributed by atoms with E-state index < -0.39 is 12.0 Å². The smallest absolute Gasteiger partial charge is 0.437 e. The molecule has 2 rings (SSSR count). The lowest BCUT2D eigenvalue weighted by atomic mass is 10.1. The van der Waals surface area contributed by atoms with Crippen LogP contribution in [0.2, 0.25) is 10.0 Å². The van der Waals surface area contributed by atoms with Gasteiger partial charge in [0.1, 0.15) is 10.8 Å². The number of rotatable bonds is 2. The van der Waals surface area contributed by atoms with Gasteiger partial charge in [-0.15, -0.1) is 0 Å². The van der Waals surface area contributed by atoms with Crippen LogP contribution in [0.5, 0.6) is 5.88 Å². The molecule has 0 unspecified atom stereocenters. The van der Waals surface area contributed by atoms with Crippen molar-refractivity contribution in [2.75, 3.05) is 12.8 Å². The summed E-state index contributed by atoms with van der Waals surface area (Å²) in [6, 6.07) is 4.35. The molecule has 2 aromatic rings. The summed E-state index contributed by atoms with van der Waals surface area (Å²) < 4.78 is 23.5. The van der Waals surface area contributed by atoms with E-state index in [9.17, 15) is 9.18 Å². The fourth-order valence-corrected chi connectivity index (χ4v) is 1.99. The molecule has 0 aliphatic heterocycles. The van der Waals surface area contributed by atoms with Crippen LogP contribution in [0.3, 0.4) is 0 Å². The zero-order valence-electron chi connectivity index (χ0n) is 11.6. The molecule has 0 aliphatic carbocycles. The summed E-state index contributed by atoms with van der Waals surface area (Å²) in [6.45, 7) is 1.53. The molecule has 0 atom stereocenters. The van der Waals surface area contributed by atoms with E-state index in [1.807, 2.05) is 0 Å². The number of ether oxygens (including phenoxy) is 2. The van der Waals surface area contributed by atoms with Gasteiger partial charge >= 0.3 is 6.16 Å². The molecule has 2 N–H and O–H groups in total. The van der Waals surface area contributed by atoms with Crippen molar-refractivity contribution >= 4 is 35.0 Å². The first kappa shape index (κ1) is 16.3. The Morgan fingerprint density at radius 2 is 2.05 bits per heavy atom. The highest BCUT2D eigenvalue weighted by atomic mass is 35.5. The number of halogens is 3. The van der Waals surface area contributed by atoms with Crippen molar-refractivity contribution in [1.82, 2.24) is 4.98 Å². The second kappa shape index (κ2) is 6.37. The van der Waals surface area contributed by atoms with Crippen LogP contribution in [0.4, 0.5) is 14.9 Å². The van der Waals surface area contributed by atoms with Crippen molar-refractivity contribution in [2.45, 2.75) is 6.92 Å². The fraction of sp³-hybridized carbons (Fsp3) is 0.143. The molecule has 0 saturated heterocycles. The summed E-state index contributed by atoms with van der Waals surface area (Å²) in [5, 5.41) is 0.217. The Hall–Kier alpha value is -2.05. The molecule has 0 radical (unpaired) electrons. The SMILES string of the molecule is COC(=O)Oc1nc(-c2ccc(Cl)c(C)c2F)cc(N)c1Cl. The Morgan fingerprint density at radius 1 is 1.36 bits per heavy atom. The second-order valence-electron chi connectivity index (χ2n) is 4.31. The van der Waals surface area contributed by atoms with Gasteiger partial charge in [0, 0.05) is 16.1 Å². The molecule has 0 spiro atoms. The number of nitrogen functional groups attached to an aromatic ring is 1. The molecule has 116 valence electrons. The van der Waals surface area contributed by atoms with E-state index in [1.54, 1.807) is 0 Å². The van der Waals surface area contributed by atoms with Crippen molar-refractivity contribution < 1.29 is 18.7 Å². The van der Waals surface area contributed by atoms with Gasteiger partial charge in [-0.2, -0.15) is 0 Å². The number of benzene rings is 1. The fourth-order valence-electron chi connectivity index (χ4n) is 1.71. The van der Waals surface area contributed by atoms with Gasteiger partial charge < -0.3 is 15.2 Å². The molecule has 0 saturated carbocycles. The van der Waals surface area contributed by atoms with Gasteiger partial charge in [-0.25, -0.2) is 14.2 Å². The maximum absolute atomic E-state index is 14.3. The minimum atomic E-state index is -1.02. The van der Waals surface area contributed by atoms with Crippen LogP contribution >= 0.6 is 23.2 Å². The van der Waals surface area contributed by atoms with E-state index in [0.29, 0.717) is 0 Å². The molecule has 0 aliphatic rings. The van der Waals surface area contributed by atoms with E-state index in [1.165, 1.54) is 25.1 Å². The maximum atomic E-state index is 14.3. The van der Waals surface area contributed by atoms with Gasteiger partial charge in [-0.1, -0.05) is 23.2 Å². The number of pyridine rings is 1. The number of hydrogen-bond donors (Lipinski definition) is 1. The van der Waals surface area contributed by atoms with Crippen molar-refractivity contribution in [3.8, 4) is 17.1 Å². The first-order chi connectivity index (χ1) is 10.3. The topological polar surface area (TPSA) is 74.4 Å². The lowest BCUT2D eigenvalue weighted by molar-refractivity contribution is 0.120. The van der Waals surface area contributed by atoms with Crippen LogP contribution in [0, 0.1) is 12.7 Å². The van der Waals surface area contributed by atoms with Crippen LogP contribution in [0.15, 0.2) is 18.2 Å². The summed E-state index contributed by atoms with van der Waals surface area (Å²) >= 11 is 11.8. The van der Waals surface area contributed by atoms with E-state index in [-0.39, 0.29) is 38.4 Å². The molecular weight excluding hydrogens is 334 g/mol. The highest BCUT2D eigenvalue weighted by Crippen LogP contribution is 2.35. The summed E-state index contributed by atoms with van der Waals surface area (Å²) in [4.78, 5) is 15.2. The number of nitrogens with two attached hydrogens (primary N) is 1. The van der Waals surface area contributed by atoms with Crippen molar-refractivity contribution in [3.05, 3.63) is 39.6 Å². The van der Waals surface area contributed by atoms with Crippen molar-refractivity contribution in [3.63, 3.8) is 0 Å². The third-order valence-electron chi connectivity index (χ3n) is 2.90. The van der Waals surface area contributed by atoms with Gasteiger partial charge in [-0.05, 0) is 25.1 Å². The van der Waals surface area contributed by atoms with E-state index in [4.69, 9.17) is 33.7 Å². The Labute approximate surface area is 135 Å². The summed E-state index contributed by atoms with van der Waals surface area (Å²) in [5.74, 6) is -0.818. The zero-order valence-corrected chi connectivity index (χ0v) is 13.1. The van der Waals surface area contributed by atoms with Crippen LogP contribution in [0.1, 0.15) is 5.56 Å². The van der Waals surface area contributed by atoms with Crippen LogP contribution in [0.25, 0.3) is 11.3 Å². The van der Waals surface area contributed by atoms with Gasteiger partial charge in [0.25, 0.3) is 0 Å². The first-order valence-corrected chi connectivity index (χ1v) is 6.77. The first-order valence-electron chi connectivity index (χ1n) is 6.02. The van der Waals surface area contributed by atoms with Crippen LogP contribution in [-0.4, -0.2) is 18.2 Å². The number of hydrogen-bond acceptors (Lipinski definition) is 5. The second-order valence-corrected chi connectivity index (χ2v) is 5.09. The van der Waals surface area contributed by atoms with Crippen molar-refractivity contribution in [2.24, 2.45) is 0 Å². The zero-order chi connectivity index (χ0) is 16.4. The van der Waals surface area contributed by atoms with Crippen molar-refractivity contribution in [1.29, 1.82) is 0 Å². The Balaban J connectivity index is 2.57. The summed E-state index contributed by atoms with van der Waals surface area (Å²) in [7, 11) is 1.13. The number of methoxy groups -OCH3 is 1. The monoisotopic (exact) mass is 344 g/mol. The van der Waals surface area contributed by atoms with Crippen LogP contribution in [-0.2, 0) is 4.74 Å². The number of aromatic nitrogens is 1. The Bertz CT molecular complexity index is 753. The standard InChI is InChI=1S/C14H11Cl2FN2O3/c1-6-8(15)4-3-7(12(6)17)10-5-9(18)11(16)13(19-10)22-14(20)21-2/h3-5H,1-2H3,(H2,18,19). The summed E-state index contributed by atoms with van der Waals surface area (Å²) in [5.41, 5.74) is 6.39. The highest BCUT2D eigenvalue weighted by molar-refractivity contribution is 6.34. The highest BCUT2D eigenvalue weighted by Gasteiger charge is 2.18. The van der Waals surface area contributed by atoms with E-state index in [2.05, 4.69) is 9.72 Å². The maximum Gasteiger partial charge on any atom is 0.514 e. The molecular formula is C14H11Cl2FN2O3. The average Bonchev–Trinajstić information content (AvgIpc) is 2.49.